The van der Waals surface area contributed by atoms with Gasteiger partial charge in [-0.05, 0) is 32.6 Å². The topological polar surface area (TPSA) is 78.9 Å². The lowest BCUT2D eigenvalue weighted by molar-refractivity contribution is -0.135. The number of hydrogen-bond acceptors (Lipinski definition) is 3. The number of oxime groups is 1. The van der Waals surface area contributed by atoms with Gasteiger partial charge >= 0.3 is 0 Å². The Morgan fingerprint density at radius 3 is 2.53 bits per heavy atom. The molecular weight excluding hydrogens is 194 g/mol. The van der Waals surface area contributed by atoms with Gasteiger partial charge in [0, 0.05) is 13.6 Å². The van der Waals surface area contributed by atoms with E-state index < -0.39 is 5.41 Å². The van der Waals surface area contributed by atoms with Gasteiger partial charge < -0.3 is 15.8 Å². The molecule has 86 valence electrons. The summed E-state index contributed by atoms with van der Waals surface area (Å²) in [6, 6.07) is 0. The highest BCUT2D eigenvalue weighted by Gasteiger charge is 2.36. The Balaban J connectivity index is 2.64. The summed E-state index contributed by atoms with van der Waals surface area (Å²) in [5, 5.41) is 11.5. The van der Waals surface area contributed by atoms with Crippen LogP contribution in [0.3, 0.4) is 0 Å². The summed E-state index contributed by atoms with van der Waals surface area (Å²) in [5.41, 5.74) is 4.56. The molecule has 15 heavy (non-hydrogen) atoms. The molecule has 0 bridgehead atoms. The maximum Gasteiger partial charge on any atom is 0.235 e. The Labute approximate surface area is 89.9 Å². The first-order valence-electron chi connectivity index (χ1n) is 5.13. The molecule has 0 spiro atoms. The molecule has 0 aromatic carbocycles. The predicted molar refractivity (Wildman–Crippen MR) is 57.6 cm³/mol. The number of nitrogens with zero attached hydrogens (tertiary/aromatic N) is 2. The van der Waals surface area contributed by atoms with E-state index in [0.29, 0.717) is 5.92 Å². The smallest absolute Gasteiger partial charge is 0.235 e. The van der Waals surface area contributed by atoms with Crippen LogP contribution in [0.2, 0.25) is 0 Å². The molecule has 1 amide bonds. The Morgan fingerprint density at radius 2 is 2.13 bits per heavy atom. The summed E-state index contributed by atoms with van der Waals surface area (Å²) < 4.78 is 0. The van der Waals surface area contributed by atoms with Crippen molar-refractivity contribution in [1.29, 1.82) is 0 Å². The zero-order chi connectivity index (χ0) is 11.6. The quantitative estimate of drug-likeness (QED) is 0.311. The van der Waals surface area contributed by atoms with Crippen molar-refractivity contribution in [3.8, 4) is 0 Å². The second-order valence-corrected chi connectivity index (χ2v) is 4.74. The standard InChI is InChI=1S/C10H19N3O2/c1-10(2,8(11)12-15)9(14)13(3)6-7-4-5-7/h7,15H,4-6H2,1-3H3,(H2,11,12). The summed E-state index contributed by atoms with van der Waals surface area (Å²) in [5.74, 6) is 0.488. The second kappa shape index (κ2) is 4.08. The summed E-state index contributed by atoms with van der Waals surface area (Å²) >= 11 is 0. The van der Waals surface area contributed by atoms with Crippen LogP contribution in [0.25, 0.3) is 0 Å². The molecule has 0 aliphatic heterocycles. The van der Waals surface area contributed by atoms with Crippen LogP contribution in [-0.4, -0.2) is 35.4 Å². The highest BCUT2D eigenvalue weighted by atomic mass is 16.4. The third-order valence-electron chi connectivity index (χ3n) is 2.86. The average molecular weight is 213 g/mol. The number of amidine groups is 1. The van der Waals surface area contributed by atoms with Gasteiger partial charge in [0.25, 0.3) is 0 Å². The molecule has 5 heteroatoms. The molecule has 0 unspecified atom stereocenters. The third kappa shape index (κ3) is 2.61. The highest BCUT2D eigenvalue weighted by molar-refractivity contribution is 6.05. The molecule has 1 fully saturated rings. The second-order valence-electron chi connectivity index (χ2n) is 4.74. The number of carbonyl (C=O) groups is 1. The fourth-order valence-corrected chi connectivity index (χ4v) is 1.48. The van der Waals surface area contributed by atoms with Crippen molar-refractivity contribution >= 4 is 11.7 Å². The molecule has 1 aliphatic rings. The maximum absolute atomic E-state index is 12.0. The summed E-state index contributed by atoms with van der Waals surface area (Å²) in [6.45, 7) is 4.09. The van der Waals surface area contributed by atoms with Crippen LogP contribution in [0.1, 0.15) is 26.7 Å². The molecule has 0 atom stereocenters. The normalized spacial score (nSPS) is 17.7. The Kier molecular flexibility index (Phi) is 3.21. The van der Waals surface area contributed by atoms with E-state index in [1.807, 2.05) is 0 Å². The van der Waals surface area contributed by atoms with Gasteiger partial charge in [-0.25, -0.2) is 0 Å². The van der Waals surface area contributed by atoms with E-state index in [9.17, 15) is 4.79 Å². The number of carbonyl (C=O) groups excluding carboxylic acids is 1. The fraction of sp³-hybridized carbons (Fsp3) is 0.800. The molecule has 0 aromatic rings. The SMILES string of the molecule is CN(CC1CC1)C(=O)C(C)(C)C(N)=NO. The van der Waals surface area contributed by atoms with E-state index in [-0.39, 0.29) is 11.7 Å². The fourth-order valence-electron chi connectivity index (χ4n) is 1.48. The zero-order valence-corrected chi connectivity index (χ0v) is 9.53. The summed E-state index contributed by atoms with van der Waals surface area (Å²) in [4.78, 5) is 13.6. The molecule has 5 nitrogen and oxygen atoms in total. The van der Waals surface area contributed by atoms with Gasteiger partial charge in [0.05, 0.1) is 0 Å². The largest absolute Gasteiger partial charge is 0.409 e. The van der Waals surface area contributed by atoms with Crippen molar-refractivity contribution in [2.45, 2.75) is 26.7 Å². The van der Waals surface area contributed by atoms with Crippen LogP contribution in [0.5, 0.6) is 0 Å². The van der Waals surface area contributed by atoms with Crippen molar-refractivity contribution in [1.82, 2.24) is 4.90 Å². The van der Waals surface area contributed by atoms with Crippen LogP contribution >= 0.6 is 0 Å². The monoisotopic (exact) mass is 213 g/mol. The van der Waals surface area contributed by atoms with Crippen LogP contribution in [0, 0.1) is 11.3 Å². The van der Waals surface area contributed by atoms with Crippen molar-refractivity contribution < 1.29 is 10.0 Å². The number of amides is 1. The summed E-state index contributed by atoms with van der Waals surface area (Å²) in [7, 11) is 1.76. The minimum absolute atomic E-state index is 0.0462. The number of nitrogens with two attached hydrogens (primary N) is 1. The van der Waals surface area contributed by atoms with Crippen LogP contribution < -0.4 is 5.73 Å². The molecule has 0 saturated heterocycles. The first kappa shape index (κ1) is 11.8. The van der Waals surface area contributed by atoms with Gasteiger partial charge in [0.15, 0.2) is 5.84 Å². The lowest BCUT2D eigenvalue weighted by Gasteiger charge is -2.28. The van der Waals surface area contributed by atoms with Gasteiger partial charge in [-0.2, -0.15) is 0 Å². The Morgan fingerprint density at radius 1 is 1.60 bits per heavy atom. The van der Waals surface area contributed by atoms with E-state index in [1.165, 1.54) is 12.8 Å². The Hall–Kier alpha value is -1.26. The van der Waals surface area contributed by atoms with Gasteiger partial charge in [0.1, 0.15) is 5.41 Å². The van der Waals surface area contributed by atoms with Crippen LogP contribution in [-0.2, 0) is 4.79 Å². The molecule has 1 saturated carbocycles. The van der Waals surface area contributed by atoms with E-state index in [4.69, 9.17) is 10.9 Å². The van der Waals surface area contributed by atoms with Gasteiger partial charge in [0.2, 0.25) is 5.91 Å². The first-order chi connectivity index (χ1) is 6.89. The molecule has 1 rings (SSSR count). The minimum Gasteiger partial charge on any atom is -0.409 e. The van der Waals surface area contributed by atoms with Crippen LogP contribution in [0.15, 0.2) is 5.16 Å². The maximum atomic E-state index is 12.0. The first-order valence-corrected chi connectivity index (χ1v) is 5.13. The third-order valence-corrected chi connectivity index (χ3v) is 2.86. The highest BCUT2D eigenvalue weighted by Crippen LogP contribution is 2.30. The van der Waals surface area contributed by atoms with Gasteiger partial charge in [-0.15, -0.1) is 0 Å². The van der Waals surface area contributed by atoms with Crippen LogP contribution in [0.4, 0.5) is 0 Å². The van der Waals surface area contributed by atoms with Crippen molar-refractivity contribution in [3.05, 3.63) is 0 Å². The summed E-state index contributed by atoms with van der Waals surface area (Å²) in [6.07, 6.45) is 2.39. The van der Waals surface area contributed by atoms with E-state index in [1.54, 1.807) is 25.8 Å². The zero-order valence-electron chi connectivity index (χ0n) is 9.53. The molecule has 0 heterocycles. The predicted octanol–water partition coefficient (Wildman–Crippen LogP) is 0.627. The van der Waals surface area contributed by atoms with Crippen molar-refractivity contribution in [2.75, 3.05) is 13.6 Å². The lowest BCUT2D eigenvalue weighted by atomic mass is 9.90. The van der Waals surface area contributed by atoms with E-state index >= 15 is 0 Å². The molecular formula is C10H19N3O2. The van der Waals surface area contributed by atoms with E-state index in [0.717, 1.165) is 6.54 Å². The molecule has 1 aliphatic carbocycles. The van der Waals surface area contributed by atoms with Gasteiger partial charge in [-0.1, -0.05) is 5.16 Å². The van der Waals surface area contributed by atoms with Gasteiger partial charge in [-0.3, -0.25) is 4.79 Å². The van der Waals surface area contributed by atoms with Crippen molar-refractivity contribution in [3.63, 3.8) is 0 Å². The Bertz CT molecular complexity index is 282. The lowest BCUT2D eigenvalue weighted by Crippen LogP contribution is -2.47. The molecule has 0 radical (unpaired) electrons. The van der Waals surface area contributed by atoms with E-state index in [2.05, 4.69) is 5.16 Å². The number of hydrogen-bond donors (Lipinski definition) is 2. The molecule has 3 N–H and O–H groups in total. The average Bonchev–Trinajstić information content (AvgIpc) is 2.98. The molecule has 0 aromatic heterocycles. The van der Waals surface area contributed by atoms with Crippen molar-refractivity contribution in [2.24, 2.45) is 22.2 Å². The number of rotatable bonds is 4. The minimum atomic E-state index is -0.932.